The Labute approximate surface area is 140 Å². The SMILES string of the molecule is [K+].c1ccc(C[N-]Cc2ccccc2)cc1. The molecule has 0 spiro atoms. The fraction of sp³-hybridized carbons (Fsp3) is 0.143. The van der Waals surface area contributed by atoms with Crippen molar-refractivity contribution >= 4 is 0 Å². The summed E-state index contributed by atoms with van der Waals surface area (Å²) in [6.45, 7) is 1.60. The predicted octanol–water partition coefficient (Wildman–Crippen LogP) is 0.764. The number of nitrogens with zero attached hydrogens (tertiary/aromatic N) is 1. The van der Waals surface area contributed by atoms with E-state index in [9.17, 15) is 0 Å². The third-order valence-electron chi connectivity index (χ3n) is 2.27. The molecule has 0 radical (unpaired) electrons. The van der Waals surface area contributed by atoms with Gasteiger partial charge in [-0.2, -0.15) is 0 Å². The van der Waals surface area contributed by atoms with E-state index in [0.29, 0.717) is 0 Å². The zero-order valence-corrected chi connectivity index (χ0v) is 12.8. The fourth-order valence-corrected chi connectivity index (χ4v) is 1.48. The van der Waals surface area contributed by atoms with Gasteiger partial charge in [-0.1, -0.05) is 71.8 Å². The molecule has 0 atom stereocenters. The van der Waals surface area contributed by atoms with E-state index in [1.807, 2.05) is 36.4 Å². The molecule has 0 bridgehead atoms. The molecule has 0 aliphatic rings. The molecular formula is C14H14KN. The second-order valence-electron chi connectivity index (χ2n) is 3.51. The van der Waals surface area contributed by atoms with Crippen molar-refractivity contribution in [2.75, 3.05) is 0 Å². The minimum absolute atomic E-state index is 0. The monoisotopic (exact) mass is 235 g/mol. The van der Waals surface area contributed by atoms with E-state index in [2.05, 4.69) is 29.6 Å². The van der Waals surface area contributed by atoms with Crippen LogP contribution in [0.15, 0.2) is 60.7 Å². The smallest absolute Gasteiger partial charge is 0.655 e. The second kappa shape index (κ2) is 8.17. The summed E-state index contributed by atoms with van der Waals surface area (Å²) in [5.41, 5.74) is 2.54. The van der Waals surface area contributed by atoms with Gasteiger partial charge in [-0.05, 0) is 0 Å². The largest absolute Gasteiger partial charge is 1.00 e. The Kier molecular flexibility index (Phi) is 7.20. The Hall–Kier alpha value is 0.0364. The maximum absolute atomic E-state index is 4.51. The molecule has 1 nitrogen and oxygen atoms in total. The van der Waals surface area contributed by atoms with Gasteiger partial charge in [0.1, 0.15) is 0 Å². The molecule has 76 valence electrons. The van der Waals surface area contributed by atoms with Gasteiger partial charge in [-0.15, -0.1) is 13.1 Å². The molecule has 0 unspecified atom stereocenters. The summed E-state index contributed by atoms with van der Waals surface area (Å²) in [6.07, 6.45) is 0. The van der Waals surface area contributed by atoms with Gasteiger partial charge < -0.3 is 5.32 Å². The Morgan fingerprint density at radius 2 is 1.00 bits per heavy atom. The Bertz CT molecular complexity index is 346. The van der Waals surface area contributed by atoms with Crippen LogP contribution in [0.5, 0.6) is 0 Å². The molecule has 16 heavy (non-hydrogen) atoms. The van der Waals surface area contributed by atoms with Crippen LogP contribution in [0.1, 0.15) is 11.1 Å². The molecule has 2 aromatic carbocycles. The van der Waals surface area contributed by atoms with Crippen LogP contribution in [0, 0.1) is 0 Å². The first kappa shape index (κ1) is 14.1. The molecule has 2 heteroatoms. The first-order valence-corrected chi connectivity index (χ1v) is 5.16. The number of rotatable bonds is 4. The minimum Gasteiger partial charge on any atom is -0.655 e. The summed E-state index contributed by atoms with van der Waals surface area (Å²) >= 11 is 0. The Balaban J connectivity index is 0.00000128. The molecule has 0 amide bonds. The summed E-state index contributed by atoms with van der Waals surface area (Å²) < 4.78 is 0. The summed E-state index contributed by atoms with van der Waals surface area (Å²) in [7, 11) is 0. The van der Waals surface area contributed by atoms with Crippen molar-refractivity contribution in [2.24, 2.45) is 0 Å². The summed E-state index contributed by atoms with van der Waals surface area (Å²) in [5.74, 6) is 0. The van der Waals surface area contributed by atoms with Crippen LogP contribution < -0.4 is 51.4 Å². The van der Waals surface area contributed by atoms with Gasteiger partial charge in [0.05, 0.1) is 0 Å². The molecule has 2 aromatic rings. The van der Waals surface area contributed by atoms with Crippen LogP contribution in [-0.2, 0) is 13.1 Å². The third-order valence-corrected chi connectivity index (χ3v) is 2.27. The minimum atomic E-state index is 0. The quantitative estimate of drug-likeness (QED) is 0.695. The molecule has 0 fully saturated rings. The fourth-order valence-electron chi connectivity index (χ4n) is 1.48. The van der Waals surface area contributed by atoms with Crippen LogP contribution in [0.25, 0.3) is 5.32 Å². The zero-order chi connectivity index (χ0) is 10.3. The molecule has 0 aliphatic carbocycles. The van der Waals surface area contributed by atoms with Gasteiger partial charge in [0.25, 0.3) is 0 Å². The van der Waals surface area contributed by atoms with Gasteiger partial charge in [0.2, 0.25) is 0 Å². The van der Waals surface area contributed by atoms with Crippen molar-refractivity contribution in [1.29, 1.82) is 0 Å². The maximum Gasteiger partial charge on any atom is 1.00 e. The number of benzene rings is 2. The second-order valence-corrected chi connectivity index (χ2v) is 3.51. The maximum atomic E-state index is 4.51. The first-order chi connectivity index (χ1) is 7.45. The first-order valence-electron chi connectivity index (χ1n) is 5.16. The summed E-state index contributed by atoms with van der Waals surface area (Å²) in [5, 5.41) is 4.51. The predicted molar refractivity (Wildman–Crippen MR) is 63.7 cm³/mol. The van der Waals surface area contributed by atoms with E-state index in [1.54, 1.807) is 0 Å². The van der Waals surface area contributed by atoms with E-state index in [4.69, 9.17) is 0 Å². The van der Waals surface area contributed by atoms with Gasteiger partial charge >= 0.3 is 51.4 Å². The van der Waals surface area contributed by atoms with Crippen molar-refractivity contribution in [2.45, 2.75) is 13.1 Å². The Morgan fingerprint density at radius 1 is 0.625 bits per heavy atom. The third kappa shape index (κ3) is 4.91. The van der Waals surface area contributed by atoms with Gasteiger partial charge in [-0.25, -0.2) is 0 Å². The van der Waals surface area contributed by atoms with E-state index in [-0.39, 0.29) is 51.4 Å². The van der Waals surface area contributed by atoms with E-state index in [1.165, 1.54) is 11.1 Å². The average Bonchev–Trinajstić information content (AvgIpc) is 2.32. The number of hydrogen-bond acceptors (Lipinski definition) is 0. The van der Waals surface area contributed by atoms with Crippen LogP contribution in [0.2, 0.25) is 0 Å². The van der Waals surface area contributed by atoms with Crippen molar-refractivity contribution in [1.82, 2.24) is 0 Å². The van der Waals surface area contributed by atoms with Gasteiger partial charge in [0, 0.05) is 0 Å². The average molecular weight is 235 g/mol. The van der Waals surface area contributed by atoms with Crippen LogP contribution >= 0.6 is 0 Å². The van der Waals surface area contributed by atoms with Gasteiger partial charge in [0.15, 0.2) is 0 Å². The van der Waals surface area contributed by atoms with E-state index in [0.717, 1.165) is 13.1 Å². The van der Waals surface area contributed by atoms with E-state index >= 15 is 0 Å². The van der Waals surface area contributed by atoms with E-state index < -0.39 is 0 Å². The molecule has 2 rings (SSSR count). The zero-order valence-electron chi connectivity index (χ0n) is 9.63. The molecule has 0 aliphatic heterocycles. The van der Waals surface area contributed by atoms with Crippen molar-refractivity contribution in [3.8, 4) is 0 Å². The standard InChI is InChI=1S/C14H14N.K/c1-3-7-13(8-4-1)11-15-12-14-9-5-2-6-10-14;/h1-10H,11-12H2;/q-1;+1. The molecule has 0 saturated heterocycles. The van der Waals surface area contributed by atoms with Crippen molar-refractivity contribution < 1.29 is 51.4 Å². The van der Waals surface area contributed by atoms with Crippen molar-refractivity contribution in [3.05, 3.63) is 77.1 Å². The summed E-state index contributed by atoms with van der Waals surface area (Å²) in [6, 6.07) is 20.7. The molecule has 0 heterocycles. The molecule has 0 aromatic heterocycles. The topological polar surface area (TPSA) is 14.1 Å². The summed E-state index contributed by atoms with van der Waals surface area (Å²) in [4.78, 5) is 0. The van der Waals surface area contributed by atoms with Crippen LogP contribution in [0.4, 0.5) is 0 Å². The molecule has 0 N–H and O–H groups in total. The van der Waals surface area contributed by atoms with Gasteiger partial charge in [-0.3, -0.25) is 0 Å². The molecular weight excluding hydrogens is 221 g/mol. The Morgan fingerprint density at radius 3 is 1.38 bits per heavy atom. The van der Waals surface area contributed by atoms with Crippen molar-refractivity contribution in [3.63, 3.8) is 0 Å². The van der Waals surface area contributed by atoms with Crippen LogP contribution in [-0.4, -0.2) is 0 Å². The normalized spacial score (nSPS) is 9.50. The number of hydrogen-bond donors (Lipinski definition) is 0. The molecule has 0 saturated carbocycles. The van der Waals surface area contributed by atoms with Crippen LogP contribution in [0.3, 0.4) is 0 Å².